The van der Waals surface area contributed by atoms with Crippen LogP contribution in [-0.2, 0) is 9.59 Å². The summed E-state index contributed by atoms with van der Waals surface area (Å²) in [5, 5.41) is 18.1. The van der Waals surface area contributed by atoms with Crippen LogP contribution in [0.2, 0.25) is 0 Å². The number of rotatable bonds is 1. The Morgan fingerprint density at radius 1 is 1.18 bits per heavy atom. The lowest BCUT2D eigenvalue weighted by Gasteiger charge is -1.87. The predicted molar refractivity (Wildman–Crippen MR) is 37.9 cm³/mol. The topological polar surface area (TPSA) is 153 Å². The molecule has 0 aromatic carbocycles. The molecular formula is C5H16N2O4. The van der Waals surface area contributed by atoms with Crippen LogP contribution in [0, 0.1) is 0 Å². The van der Waals surface area contributed by atoms with E-state index in [1.807, 2.05) is 0 Å². The van der Waals surface area contributed by atoms with E-state index in [1.54, 1.807) is 0 Å². The molecule has 0 aromatic rings. The highest BCUT2D eigenvalue weighted by atomic mass is 16.4. The van der Waals surface area contributed by atoms with Crippen molar-refractivity contribution in [3.63, 3.8) is 0 Å². The number of carboxylic acid groups (broad SMARTS) is 2. The van der Waals surface area contributed by atoms with Crippen LogP contribution in [0.4, 0.5) is 0 Å². The monoisotopic (exact) mass is 168 g/mol. The Bertz CT molecular complexity index is 101. The van der Waals surface area contributed by atoms with E-state index in [9.17, 15) is 9.90 Å². The molecule has 0 saturated carbocycles. The lowest BCUT2D eigenvalue weighted by molar-refractivity contribution is -0.305. The minimum absolute atomic E-state index is 0. The molecule has 6 nitrogen and oxygen atoms in total. The van der Waals surface area contributed by atoms with Crippen LogP contribution in [-0.4, -0.2) is 11.9 Å². The van der Waals surface area contributed by atoms with E-state index >= 15 is 0 Å². The summed E-state index contributed by atoms with van der Waals surface area (Å²) >= 11 is 0. The van der Waals surface area contributed by atoms with Crippen molar-refractivity contribution in [1.82, 2.24) is 12.3 Å². The van der Waals surface area contributed by atoms with Gasteiger partial charge in [-0.3, -0.25) is 0 Å². The molecule has 0 spiro atoms. The zero-order chi connectivity index (χ0) is 7.86. The van der Waals surface area contributed by atoms with E-state index < -0.39 is 11.9 Å². The van der Waals surface area contributed by atoms with Gasteiger partial charge in [0.15, 0.2) is 0 Å². The minimum atomic E-state index is -1.08. The number of carbonyl (C=O) groups is 2. The van der Waals surface area contributed by atoms with E-state index in [-0.39, 0.29) is 18.7 Å². The summed E-state index contributed by atoms with van der Waals surface area (Å²) in [7, 11) is 0. The summed E-state index contributed by atoms with van der Waals surface area (Å²) in [5.74, 6) is -2.08. The Hall–Kier alpha value is -1.14. The average Bonchev–Trinajstić information content (AvgIpc) is 1.65. The van der Waals surface area contributed by atoms with E-state index in [4.69, 9.17) is 9.90 Å². The molecule has 0 radical (unpaired) electrons. The van der Waals surface area contributed by atoms with Gasteiger partial charge in [0.05, 0.1) is 0 Å². The number of hydrogen-bond acceptors (Lipinski definition) is 4. The molecule has 0 aliphatic rings. The molecule has 0 amide bonds. The van der Waals surface area contributed by atoms with E-state index in [0.717, 1.165) is 6.92 Å². The Morgan fingerprint density at radius 3 is 1.27 bits per heavy atom. The van der Waals surface area contributed by atoms with E-state index in [0.29, 0.717) is 0 Å². The SMILES string of the molecule is CC(=O)[O-].CCC(=O)[O-].[NH4+].[NH4+]. The summed E-state index contributed by atoms with van der Waals surface area (Å²) in [5.41, 5.74) is 0. The van der Waals surface area contributed by atoms with Crippen molar-refractivity contribution in [2.75, 3.05) is 0 Å². The zero-order valence-corrected chi connectivity index (χ0v) is 7.34. The number of carboxylic acids is 2. The molecule has 0 aromatic heterocycles. The van der Waals surface area contributed by atoms with E-state index in [1.165, 1.54) is 6.92 Å². The first-order valence-corrected chi connectivity index (χ1v) is 2.38. The summed E-state index contributed by atoms with van der Waals surface area (Å²) in [6.45, 7) is 2.51. The largest absolute Gasteiger partial charge is 0.550 e. The maximum atomic E-state index is 9.26. The molecule has 8 N–H and O–H groups in total. The number of hydrogen-bond donors (Lipinski definition) is 2. The van der Waals surface area contributed by atoms with Crippen LogP contribution in [0.5, 0.6) is 0 Å². The Morgan fingerprint density at radius 2 is 1.27 bits per heavy atom. The second kappa shape index (κ2) is 15.9. The third kappa shape index (κ3) is 564. The van der Waals surface area contributed by atoms with E-state index in [2.05, 4.69) is 0 Å². The van der Waals surface area contributed by atoms with Crippen LogP contribution < -0.4 is 22.5 Å². The first-order chi connectivity index (χ1) is 4.00. The molecule has 70 valence electrons. The molecule has 0 unspecified atom stereocenters. The van der Waals surface area contributed by atoms with Crippen molar-refractivity contribution in [3.8, 4) is 0 Å². The molecule has 0 aliphatic heterocycles. The highest BCUT2D eigenvalue weighted by Gasteiger charge is 1.65. The van der Waals surface area contributed by atoms with Crippen molar-refractivity contribution in [2.45, 2.75) is 20.3 Å². The zero-order valence-electron chi connectivity index (χ0n) is 7.34. The summed E-state index contributed by atoms with van der Waals surface area (Å²) in [4.78, 5) is 18.1. The second-order valence-electron chi connectivity index (χ2n) is 1.22. The van der Waals surface area contributed by atoms with Gasteiger partial charge in [-0.2, -0.15) is 0 Å². The van der Waals surface area contributed by atoms with Crippen molar-refractivity contribution in [1.29, 1.82) is 0 Å². The summed E-state index contributed by atoms with van der Waals surface area (Å²) in [6, 6.07) is 0. The minimum Gasteiger partial charge on any atom is -0.550 e. The van der Waals surface area contributed by atoms with Crippen molar-refractivity contribution >= 4 is 11.9 Å². The smallest absolute Gasteiger partial charge is 0.0411 e. The molecule has 11 heavy (non-hydrogen) atoms. The number of aliphatic carboxylic acids is 2. The highest BCUT2D eigenvalue weighted by molar-refractivity contribution is 5.63. The Labute approximate surface area is 65.4 Å². The summed E-state index contributed by atoms with van der Waals surface area (Å²) in [6.07, 6.45) is 0.111. The molecule has 0 atom stereocenters. The third-order valence-electron chi connectivity index (χ3n) is 0.289. The van der Waals surface area contributed by atoms with Crippen LogP contribution >= 0.6 is 0 Å². The van der Waals surface area contributed by atoms with Crippen molar-refractivity contribution in [2.24, 2.45) is 0 Å². The molecule has 0 aliphatic carbocycles. The normalized spacial score (nSPS) is 5.64. The molecule has 0 saturated heterocycles. The third-order valence-corrected chi connectivity index (χ3v) is 0.289. The average molecular weight is 168 g/mol. The second-order valence-corrected chi connectivity index (χ2v) is 1.22. The molecule has 0 rings (SSSR count). The van der Waals surface area contributed by atoms with Gasteiger partial charge < -0.3 is 32.1 Å². The Balaban J connectivity index is -0.0000000383. The highest BCUT2D eigenvalue weighted by Crippen LogP contribution is 1.61. The van der Waals surface area contributed by atoms with Gasteiger partial charge in [0.2, 0.25) is 0 Å². The standard InChI is InChI=1S/C3H6O2.C2H4O2.2H3N/c1-2-3(4)5;1-2(3)4;;/h2H2,1H3,(H,4,5);1H3,(H,3,4);2*1H3. The first kappa shape index (κ1) is 22.5. The van der Waals surface area contributed by atoms with Gasteiger partial charge in [-0.25, -0.2) is 0 Å². The van der Waals surface area contributed by atoms with Crippen molar-refractivity contribution < 1.29 is 19.8 Å². The summed E-state index contributed by atoms with van der Waals surface area (Å²) < 4.78 is 0. The van der Waals surface area contributed by atoms with Gasteiger partial charge in [-0.1, -0.05) is 6.92 Å². The van der Waals surface area contributed by atoms with Crippen molar-refractivity contribution in [3.05, 3.63) is 0 Å². The molecular weight excluding hydrogens is 152 g/mol. The molecule has 6 heteroatoms. The van der Waals surface area contributed by atoms with Gasteiger partial charge in [0.1, 0.15) is 0 Å². The van der Waals surface area contributed by atoms with Crippen LogP contribution in [0.15, 0.2) is 0 Å². The fourth-order valence-electron chi connectivity index (χ4n) is 0. The van der Waals surface area contributed by atoms with Gasteiger partial charge in [0.25, 0.3) is 0 Å². The molecule has 0 bridgehead atoms. The van der Waals surface area contributed by atoms with Crippen LogP contribution in [0.1, 0.15) is 20.3 Å². The van der Waals surface area contributed by atoms with Gasteiger partial charge >= 0.3 is 0 Å². The van der Waals surface area contributed by atoms with Crippen LogP contribution in [0.25, 0.3) is 0 Å². The maximum Gasteiger partial charge on any atom is 0.0411 e. The Kier molecular flexibility index (Phi) is 32.7. The van der Waals surface area contributed by atoms with Gasteiger partial charge in [-0.05, 0) is 13.3 Å². The van der Waals surface area contributed by atoms with Gasteiger partial charge in [0, 0.05) is 11.9 Å². The fourth-order valence-corrected chi connectivity index (χ4v) is 0. The fraction of sp³-hybridized carbons (Fsp3) is 0.600. The van der Waals surface area contributed by atoms with Gasteiger partial charge in [-0.15, -0.1) is 0 Å². The first-order valence-electron chi connectivity index (χ1n) is 2.38. The van der Waals surface area contributed by atoms with Crippen LogP contribution in [0.3, 0.4) is 0 Å². The lowest BCUT2D eigenvalue weighted by atomic mass is 10.5. The quantitative estimate of drug-likeness (QED) is 0.496. The number of quaternary nitrogens is 2. The number of carbonyl (C=O) groups excluding carboxylic acids is 2. The molecule has 0 fully saturated rings. The molecule has 0 heterocycles. The predicted octanol–water partition coefficient (Wildman–Crippen LogP) is -1.35. The lowest BCUT2D eigenvalue weighted by Crippen LogP contribution is -2.19. The maximum absolute atomic E-state index is 9.26.